The highest BCUT2D eigenvalue weighted by molar-refractivity contribution is 6.05. The van der Waals surface area contributed by atoms with Gasteiger partial charge in [0.05, 0.1) is 17.4 Å². The number of amides is 2. The number of benzene rings is 1. The lowest BCUT2D eigenvalue weighted by atomic mass is 10.2. The van der Waals surface area contributed by atoms with Gasteiger partial charge in [-0.15, -0.1) is 5.10 Å². The summed E-state index contributed by atoms with van der Waals surface area (Å²) in [6, 6.07) is 6.55. The average Bonchev–Trinajstić information content (AvgIpc) is 3.56. The van der Waals surface area contributed by atoms with Crippen LogP contribution in [0.15, 0.2) is 42.7 Å². The van der Waals surface area contributed by atoms with Crippen molar-refractivity contribution in [3.05, 3.63) is 59.8 Å². The predicted octanol–water partition coefficient (Wildman–Crippen LogP) is 5.82. The summed E-state index contributed by atoms with van der Waals surface area (Å²) in [6.07, 6.45) is 1.82. The maximum Gasteiger partial charge on any atom is 0.435 e. The Morgan fingerprint density at radius 3 is 2.38 bits per heavy atom. The molecule has 0 spiro atoms. The van der Waals surface area contributed by atoms with Crippen LogP contribution in [0, 0.1) is 11.7 Å². The third kappa shape index (κ3) is 6.93. The molecule has 1 aliphatic carbocycles. The van der Waals surface area contributed by atoms with Crippen LogP contribution < -0.4 is 15.4 Å². The van der Waals surface area contributed by atoms with Crippen molar-refractivity contribution in [2.75, 3.05) is 10.6 Å². The maximum absolute atomic E-state index is 14.3. The summed E-state index contributed by atoms with van der Waals surface area (Å²) in [6.45, 7) is 4.36. The molecule has 4 aromatic rings. The Labute approximate surface area is 226 Å². The first-order valence-electron chi connectivity index (χ1n) is 12.5. The van der Waals surface area contributed by atoms with E-state index >= 15 is 0 Å². The molecule has 14 heteroatoms. The fourth-order valence-electron chi connectivity index (χ4n) is 3.39. The van der Waals surface area contributed by atoms with E-state index in [0.717, 1.165) is 35.9 Å². The van der Waals surface area contributed by atoms with Gasteiger partial charge in [-0.1, -0.05) is 26.7 Å². The molecule has 3 heterocycles. The van der Waals surface area contributed by atoms with Crippen molar-refractivity contribution < 1.29 is 31.9 Å². The molecule has 0 saturated heterocycles. The molecule has 1 fully saturated rings. The third-order valence-electron chi connectivity index (χ3n) is 5.75. The molecule has 0 aliphatic heterocycles. The number of hydrogen-bond donors (Lipinski definition) is 2. The summed E-state index contributed by atoms with van der Waals surface area (Å²) >= 11 is 0. The van der Waals surface area contributed by atoms with Crippen molar-refractivity contribution in [1.82, 2.24) is 24.4 Å². The summed E-state index contributed by atoms with van der Waals surface area (Å²) in [5.74, 6) is -1.71. The molecular weight excluding hydrogens is 534 g/mol. The fraction of sp³-hybridized carbons (Fsp3) is 0.346. The number of aryl methyl sites for hydroxylation is 1. The number of nitrogens with one attached hydrogen (secondary N) is 2. The van der Waals surface area contributed by atoms with E-state index in [1.165, 1.54) is 36.7 Å². The Hall–Kier alpha value is -4.49. The van der Waals surface area contributed by atoms with Gasteiger partial charge in [0.15, 0.2) is 11.3 Å². The van der Waals surface area contributed by atoms with Crippen molar-refractivity contribution in [3.8, 4) is 11.5 Å². The first-order valence-corrected chi connectivity index (χ1v) is 12.5. The summed E-state index contributed by atoms with van der Waals surface area (Å²) in [4.78, 5) is 28.6. The van der Waals surface area contributed by atoms with Crippen LogP contribution >= 0.6 is 0 Å². The van der Waals surface area contributed by atoms with Gasteiger partial charge in [-0.25, -0.2) is 8.91 Å². The minimum absolute atomic E-state index is 0.0122. The van der Waals surface area contributed by atoms with Gasteiger partial charge in [-0.3, -0.25) is 19.6 Å². The minimum atomic E-state index is -4.86. The fourth-order valence-corrected chi connectivity index (χ4v) is 3.39. The number of unbranched alkanes of at least 4 members (excludes halogenated alkanes) is 1. The van der Waals surface area contributed by atoms with Crippen LogP contribution in [0.1, 0.15) is 55.6 Å². The van der Waals surface area contributed by atoms with E-state index in [2.05, 4.69) is 39.7 Å². The molecule has 1 saturated carbocycles. The molecule has 212 valence electrons. The van der Waals surface area contributed by atoms with Crippen molar-refractivity contribution in [2.24, 2.45) is 13.0 Å². The number of ether oxygens (including phenoxy) is 1. The number of fused-ring (bicyclic) bond motifs is 1. The van der Waals surface area contributed by atoms with Crippen molar-refractivity contribution in [2.45, 2.75) is 45.7 Å². The zero-order valence-electron chi connectivity index (χ0n) is 21.9. The van der Waals surface area contributed by atoms with Crippen LogP contribution in [-0.2, 0) is 18.0 Å². The van der Waals surface area contributed by atoms with E-state index in [1.54, 1.807) is 12.1 Å². The molecule has 2 amide bonds. The van der Waals surface area contributed by atoms with Crippen LogP contribution in [0.2, 0.25) is 0 Å². The van der Waals surface area contributed by atoms with Gasteiger partial charge < -0.3 is 10.1 Å². The highest BCUT2D eigenvalue weighted by atomic mass is 19.4. The Morgan fingerprint density at radius 1 is 1.02 bits per heavy atom. The second-order valence-electron chi connectivity index (χ2n) is 9.13. The lowest BCUT2D eigenvalue weighted by Gasteiger charge is -2.11. The second kappa shape index (κ2) is 11.7. The van der Waals surface area contributed by atoms with Gasteiger partial charge in [0.25, 0.3) is 5.91 Å². The molecule has 3 aromatic heterocycles. The number of anilines is 2. The second-order valence-corrected chi connectivity index (χ2v) is 9.13. The number of alkyl halides is 3. The Balaban J connectivity index is 0.000000867. The molecule has 0 atom stereocenters. The summed E-state index contributed by atoms with van der Waals surface area (Å²) < 4.78 is 61.8. The zero-order valence-corrected chi connectivity index (χ0v) is 21.9. The lowest BCUT2D eigenvalue weighted by molar-refractivity contribution is -0.141. The Bertz CT molecular complexity index is 1520. The van der Waals surface area contributed by atoms with E-state index in [1.807, 2.05) is 0 Å². The van der Waals surface area contributed by atoms with Gasteiger partial charge in [-0.05, 0) is 37.1 Å². The molecule has 5 rings (SSSR count). The van der Waals surface area contributed by atoms with Crippen molar-refractivity contribution >= 4 is 29.1 Å². The predicted molar refractivity (Wildman–Crippen MR) is 138 cm³/mol. The number of aromatic nitrogens is 5. The number of carbonyl (C=O) groups is 2. The largest absolute Gasteiger partial charge is 0.456 e. The van der Waals surface area contributed by atoms with Gasteiger partial charge in [0.2, 0.25) is 11.9 Å². The smallest absolute Gasteiger partial charge is 0.435 e. The van der Waals surface area contributed by atoms with Gasteiger partial charge >= 0.3 is 6.18 Å². The van der Waals surface area contributed by atoms with Crippen LogP contribution in [-0.4, -0.2) is 36.2 Å². The SMILES string of the molecule is CCCC.Cn1cc(C(=O)Nc2cc(Oc3ccc4nc(NC(=O)C5CC5)nn4c3)ccc2F)c(C(F)(F)F)n1. The standard InChI is InChI=1S/C22H17F4N7O3.C4H10/c1-32-10-14(18(30-32)22(24,25)26)20(35)27-16-8-12(4-6-15(16)23)36-13-5-7-17-28-21(31-33(17)9-13)29-19(34)11-2-3-11;1-3-4-2/h4-11H,2-3H2,1H3,(H,27,35)(H,29,31,34);3-4H2,1-2H3. The van der Waals surface area contributed by atoms with Crippen LogP contribution in [0.5, 0.6) is 11.5 Å². The number of halogens is 4. The summed E-state index contributed by atoms with van der Waals surface area (Å²) in [5, 5.41) is 12.2. The molecule has 1 aliphatic rings. The molecule has 2 N–H and O–H groups in total. The number of nitrogens with zero attached hydrogens (tertiary/aromatic N) is 5. The highest BCUT2D eigenvalue weighted by Crippen LogP contribution is 2.32. The molecule has 0 unspecified atom stereocenters. The molecule has 40 heavy (non-hydrogen) atoms. The first kappa shape index (κ1) is 28.5. The molecular formula is C26H27F4N7O3. The normalized spacial score (nSPS) is 13.0. The van der Waals surface area contributed by atoms with Crippen molar-refractivity contribution in [1.29, 1.82) is 0 Å². The average molecular weight is 562 g/mol. The summed E-state index contributed by atoms with van der Waals surface area (Å²) in [7, 11) is 1.23. The van der Waals surface area contributed by atoms with E-state index in [4.69, 9.17) is 4.74 Å². The molecule has 0 bridgehead atoms. The number of hydrogen-bond acceptors (Lipinski definition) is 6. The highest BCUT2D eigenvalue weighted by Gasteiger charge is 2.39. The first-order chi connectivity index (χ1) is 19.0. The Kier molecular flexibility index (Phi) is 8.35. The van der Waals surface area contributed by atoms with E-state index in [-0.39, 0.29) is 35.0 Å². The number of pyridine rings is 1. The third-order valence-corrected chi connectivity index (χ3v) is 5.75. The lowest BCUT2D eigenvalue weighted by Crippen LogP contribution is -2.18. The number of carbonyl (C=O) groups excluding carboxylic acids is 2. The van der Waals surface area contributed by atoms with Gasteiger partial charge in [-0.2, -0.15) is 23.3 Å². The van der Waals surface area contributed by atoms with Gasteiger partial charge in [0.1, 0.15) is 17.3 Å². The molecule has 10 nitrogen and oxygen atoms in total. The summed E-state index contributed by atoms with van der Waals surface area (Å²) in [5.41, 5.74) is -2.08. The van der Waals surface area contributed by atoms with Crippen LogP contribution in [0.25, 0.3) is 5.65 Å². The van der Waals surface area contributed by atoms with Crippen molar-refractivity contribution in [3.63, 3.8) is 0 Å². The zero-order chi connectivity index (χ0) is 29.0. The van der Waals surface area contributed by atoms with Gasteiger partial charge in [0, 0.05) is 25.2 Å². The molecule has 0 radical (unpaired) electrons. The van der Waals surface area contributed by atoms with Crippen LogP contribution in [0.4, 0.5) is 29.2 Å². The quantitative estimate of drug-likeness (QED) is 0.275. The van der Waals surface area contributed by atoms with E-state index in [9.17, 15) is 27.2 Å². The minimum Gasteiger partial charge on any atom is -0.456 e. The van der Waals surface area contributed by atoms with Crippen LogP contribution in [0.3, 0.4) is 0 Å². The number of rotatable bonds is 7. The topological polar surface area (TPSA) is 115 Å². The maximum atomic E-state index is 14.3. The van der Waals surface area contributed by atoms with E-state index < -0.39 is 29.2 Å². The Morgan fingerprint density at radius 2 is 1.73 bits per heavy atom. The monoisotopic (exact) mass is 561 g/mol. The van der Waals surface area contributed by atoms with E-state index in [0.29, 0.717) is 5.65 Å². The molecule has 1 aromatic carbocycles.